The Morgan fingerprint density at radius 2 is 1.52 bits per heavy atom. The summed E-state index contributed by atoms with van der Waals surface area (Å²) in [6.45, 7) is 1.19. The Labute approximate surface area is 144 Å². The SMILES string of the molecule is COC(=O)C(NC(=O)c1ccc(-c2ccccc2)cc1)C(C)C(F)F. The van der Waals surface area contributed by atoms with E-state index in [9.17, 15) is 18.4 Å². The molecular formula is C19H19F2NO3. The monoisotopic (exact) mass is 347 g/mol. The predicted molar refractivity (Wildman–Crippen MR) is 90.3 cm³/mol. The molecule has 2 aromatic carbocycles. The van der Waals surface area contributed by atoms with Gasteiger partial charge in [-0.05, 0) is 23.3 Å². The molecule has 0 radical (unpaired) electrons. The van der Waals surface area contributed by atoms with Crippen LogP contribution in [-0.2, 0) is 9.53 Å². The maximum atomic E-state index is 12.9. The number of halogens is 2. The molecule has 2 atom stereocenters. The van der Waals surface area contributed by atoms with Crippen LogP contribution in [0.1, 0.15) is 17.3 Å². The van der Waals surface area contributed by atoms with Crippen LogP contribution >= 0.6 is 0 Å². The summed E-state index contributed by atoms with van der Waals surface area (Å²) in [6.07, 6.45) is -2.76. The van der Waals surface area contributed by atoms with Gasteiger partial charge in [0.15, 0.2) is 0 Å². The highest BCUT2D eigenvalue weighted by Gasteiger charge is 2.33. The van der Waals surface area contributed by atoms with Crippen molar-refractivity contribution in [1.29, 1.82) is 0 Å². The van der Waals surface area contributed by atoms with E-state index in [0.717, 1.165) is 18.2 Å². The van der Waals surface area contributed by atoms with Gasteiger partial charge in [0.05, 0.1) is 7.11 Å². The first kappa shape index (κ1) is 18.6. The molecular weight excluding hydrogens is 328 g/mol. The van der Waals surface area contributed by atoms with Crippen LogP contribution in [0, 0.1) is 5.92 Å². The second kappa shape index (κ2) is 8.37. The highest BCUT2D eigenvalue weighted by molar-refractivity contribution is 5.97. The molecule has 0 saturated carbocycles. The number of hydrogen-bond acceptors (Lipinski definition) is 3. The largest absolute Gasteiger partial charge is 0.467 e. The lowest BCUT2D eigenvalue weighted by Gasteiger charge is -2.22. The Morgan fingerprint density at radius 3 is 2.04 bits per heavy atom. The van der Waals surface area contributed by atoms with Crippen LogP contribution in [0.3, 0.4) is 0 Å². The Hall–Kier alpha value is -2.76. The highest BCUT2D eigenvalue weighted by atomic mass is 19.3. The van der Waals surface area contributed by atoms with Crippen molar-refractivity contribution in [2.75, 3.05) is 7.11 Å². The zero-order valence-electron chi connectivity index (χ0n) is 13.9. The second-order valence-corrected chi connectivity index (χ2v) is 5.61. The molecule has 1 amide bonds. The van der Waals surface area contributed by atoms with Crippen molar-refractivity contribution in [3.05, 3.63) is 60.2 Å². The van der Waals surface area contributed by atoms with E-state index in [2.05, 4.69) is 10.1 Å². The molecule has 2 aromatic rings. The van der Waals surface area contributed by atoms with Crippen molar-refractivity contribution in [2.45, 2.75) is 19.4 Å². The molecule has 4 nitrogen and oxygen atoms in total. The average Bonchev–Trinajstić information content (AvgIpc) is 2.65. The summed E-state index contributed by atoms with van der Waals surface area (Å²) in [6, 6.07) is 14.9. The van der Waals surface area contributed by atoms with Crippen molar-refractivity contribution in [3.8, 4) is 11.1 Å². The number of rotatable bonds is 6. The lowest BCUT2D eigenvalue weighted by molar-refractivity contribution is -0.146. The minimum absolute atomic E-state index is 0.273. The molecule has 0 fully saturated rings. The number of ether oxygens (including phenoxy) is 1. The zero-order valence-corrected chi connectivity index (χ0v) is 13.9. The van der Waals surface area contributed by atoms with E-state index in [1.807, 2.05) is 30.3 Å². The molecule has 2 unspecified atom stereocenters. The van der Waals surface area contributed by atoms with Crippen LogP contribution in [0.25, 0.3) is 11.1 Å². The Bertz CT molecular complexity index is 717. The molecule has 132 valence electrons. The summed E-state index contributed by atoms with van der Waals surface area (Å²) in [5, 5.41) is 2.33. The molecule has 0 aromatic heterocycles. The molecule has 0 aliphatic carbocycles. The lowest BCUT2D eigenvalue weighted by Crippen LogP contribution is -2.47. The van der Waals surface area contributed by atoms with E-state index in [0.29, 0.717) is 0 Å². The maximum Gasteiger partial charge on any atom is 0.328 e. The summed E-state index contributed by atoms with van der Waals surface area (Å²) in [7, 11) is 1.09. The van der Waals surface area contributed by atoms with Gasteiger partial charge >= 0.3 is 5.97 Å². The van der Waals surface area contributed by atoms with Gasteiger partial charge in [-0.15, -0.1) is 0 Å². The van der Waals surface area contributed by atoms with E-state index in [4.69, 9.17) is 0 Å². The van der Waals surface area contributed by atoms with Crippen LogP contribution in [0.15, 0.2) is 54.6 Å². The summed E-state index contributed by atoms with van der Waals surface area (Å²) in [5.74, 6) is -2.87. The number of alkyl halides is 2. The highest BCUT2D eigenvalue weighted by Crippen LogP contribution is 2.20. The van der Waals surface area contributed by atoms with E-state index in [1.54, 1.807) is 24.3 Å². The van der Waals surface area contributed by atoms with E-state index >= 15 is 0 Å². The van der Waals surface area contributed by atoms with Crippen molar-refractivity contribution < 1.29 is 23.1 Å². The second-order valence-electron chi connectivity index (χ2n) is 5.61. The molecule has 0 spiro atoms. The molecule has 0 saturated heterocycles. The average molecular weight is 347 g/mol. The summed E-state index contributed by atoms with van der Waals surface area (Å²) in [5.41, 5.74) is 2.19. The molecule has 0 bridgehead atoms. The van der Waals surface area contributed by atoms with Crippen molar-refractivity contribution >= 4 is 11.9 Å². The zero-order chi connectivity index (χ0) is 18.4. The van der Waals surface area contributed by atoms with Gasteiger partial charge in [0.2, 0.25) is 6.43 Å². The van der Waals surface area contributed by atoms with Crippen LogP contribution in [-0.4, -0.2) is 31.5 Å². The molecule has 0 aliphatic rings. The van der Waals surface area contributed by atoms with E-state index in [-0.39, 0.29) is 5.56 Å². The number of methoxy groups -OCH3 is 1. The Morgan fingerprint density at radius 1 is 0.960 bits per heavy atom. The van der Waals surface area contributed by atoms with Gasteiger partial charge in [0.25, 0.3) is 5.91 Å². The van der Waals surface area contributed by atoms with Crippen LogP contribution < -0.4 is 5.32 Å². The topological polar surface area (TPSA) is 55.4 Å². The van der Waals surface area contributed by atoms with Crippen LogP contribution in [0.4, 0.5) is 8.78 Å². The molecule has 25 heavy (non-hydrogen) atoms. The first-order valence-electron chi connectivity index (χ1n) is 7.76. The quantitative estimate of drug-likeness (QED) is 0.814. The fourth-order valence-electron chi connectivity index (χ4n) is 2.35. The smallest absolute Gasteiger partial charge is 0.328 e. The van der Waals surface area contributed by atoms with Crippen LogP contribution in [0.5, 0.6) is 0 Å². The van der Waals surface area contributed by atoms with Gasteiger partial charge in [0, 0.05) is 11.5 Å². The molecule has 0 heterocycles. The number of esters is 1. The number of amides is 1. The summed E-state index contributed by atoms with van der Waals surface area (Å²) in [4.78, 5) is 24.0. The van der Waals surface area contributed by atoms with Gasteiger partial charge in [-0.2, -0.15) is 0 Å². The van der Waals surface area contributed by atoms with Crippen LogP contribution in [0.2, 0.25) is 0 Å². The third-order valence-electron chi connectivity index (χ3n) is 3.92. The van der Waals surface area contributed by atoms with Gasteiger partial charge in [-0.3, -0.25) is 4.79 Å². The summed E-state index contributed by atoms with van der Waals surface area (Å²) >= 11 is 0. The third-order valence-corrected chi connectivity index (χ3v) is 3.92. The van der Waals surface area contributed by atoms with E-state index in [1.165, 1.54) is 6.92 Å². The fourth-order valence-corrected chi connectivity index (χ4v) is 2.35. The fraction of sp³-hybridized carbons (Fsp3) is 0.263. The minimum Gasteiger partial charge on any atom is -0.467 e. The number of nitrogens with one attached hydrogen (secondary N) is 1. The molecule has 6 heteroatoms. The third kappa shape index (κ3) is 4.62. The van der Waals surface area contributed by atoms with Gasteiger partial charge in [0.1, 0.15) is 6.04 Å². The van der Waals surface area contributed by atoms with Gasteiger partial charge < -0.3 is 10.1 Å². The molecule has 0 aliphatic heterocycles. The maximum absolute atomic E-state index is 12.9. The predicted octanol–water partition coefficient (Wildman–Crippen LogP) is 3.53. The minimum atomic E-state index is -2.76. The van der Waals surface area contributed by atoms with Gasteiger partial charge in [-0.25, -0.2) is 13.6 Å². The summed E-state index contributed by atoms with van der Waals surface area (Å²) < 4.78 is 30.3. The standard InChI is InChI=1S/C19H19F2NO3/c1-12(17(20)21)16(19(24)25-2)22-18(23)15-10-8-14(9-11-15)13-6-4-3-5-7-13/h3-12,16-17H,1-2H3,(H,22,23). The number of benzene rings is 2. The molecule has 2 rings (SSSR count). The number of carbonyl (C=O) groups is 2. The normalized spacial score (nSPS) is 13.2. The van der Waals surface area contributed by atoms with Crippen molar-refractivity contribution in [1.82, 2.24) is 5.32 Å². The van der Waals surface area contributed by atoms with Crippen molar-refractivity contribution in [3.63, 3.8) is 0 Å². The van der Waals surface area contributed by atoms with E-state index < -0.39 is 30.3 Å². The Kier molecular flexibility index (Phi) is 6.22. The number of hydrogen-bond donors (Lipinski definition) is 1. The van der Waals surface area contributed by atoms with Crippen molar-refractivity contribution in [2.24, 2.45) is 5.92 Å². The Balaban J connectivity index is 2.15. The van der Waals surface area contributed by atoms with Gasteiger partial charge in [-0.1, -0.05) is 49.4 Å². The first-order valence-corrected chi connectivity index (χ1v) is 7.76. The lowest BCUT2D eigenvalue weighted by atomic mass is 10.0. The number of carbonyl (C=O) groups excluding carboxylic acids is 2. The first-order chi connectivity index (χ1) is 11.9. The molecule has 1 N–H and O–H groups in total.